The van der Waals surface area contributed by atoms with E-state index >= 15 is 0 Å². The van der Waals surface area contributed by atoms with E-state index in [0.717, 1.165) is 70.9 Å². The second kappa shape index (κ2) is 17.6. The number of nitrogens with zero attached hydrogens (tertiary/aromatic N) is 2. The van der Waals surface area contributed by atoms with E-state index in [1.807, 2.05) is 0 Å². The lowest BCUT2D eigenvalue weighted by Gasteiger charge is -2.06. The van der Waals surface area contributed by atoms with Gasteiger partial charge in [0, 0.05) is 24.3 Å². The fourth-order valence-electron chi connectivity index (χ4n) is 2.71. The summed E-state index contributed by atoms with van der Waals surface area (Å²) in [5, 5.41) is 12.6. The summed E-state index contributed by atoms with van der Waals surface area (Å²) in [6.45, 7) is 3.66. The Bertz CT molecular complexity index is 511. The summed E-state index contributed by atoms with van der Waals surface area (Å²) < 4.78 is 11.8. The molecule has 0 aliphatic heterocycles. The first-order chi connectivity index (χ1) is 13.7. The lowest BCUT2D eigenvalue weighted by atomic mass is 10.1. The van der Waals surface area contributed by atoms with Crippen LogP contribution in [0.1, 0.15) is 77.6 Å². The highest BCUT2D eigenvalue weighted by atomic mass is 32.2. The van der Waals surface area contributed by atoms with Gasteiger partial charge in [-0.15, -0.1) is 0 Å². The molecule has 1 unspecified atom stereocenters. The van der Waals surface area contributed by atoms with Crippen LogP contribution in [0.4, 0.5) is 4.79 Å². The number of carbonyl (C=O) groups excluding carboxylic acids is 1. The molecule has 1 heterocycles. The first-order valence-corrected chi connectivity index (χ1v) is 12.0. The maximum Gasteiger partial charge on any atom is 0.338 e. The Labute approximate surface area is 172 Å². The zero-order valence-electron chi connectivity index (χ0n) is 17.3. The van der Waals surface area contributed by atoms with Crippen LogP contribution in [-0.2, 0) is 11.2 Å². The summed E-state index contributed by atoms with van der Waals surface area (Å²) in [7, 11) is 0. The number of amides is 2. The molecule has 1 aromatic heterocycles. The van der Waals surface area contributed by atoms with Crippen molar-refractivity contribution in [3.8, 4) is 0 Å². The molecule has 2 amide bonds. The first-order valence-electron chi connectivity index (χ1n) is 10.6. The highest BCUT2D eigenvalue weighted by molar-refractivity contribution is 7.91. The Morgan fingerprint density at radius 1 is 1.04 bits per heavy atom. The third kappa shape index (κ3) is 13.6. The van der Waals surface area contributed by atoms with E-state index < -0.39 is 11.2 Å². The number of H-pyrrole nitrogens is 1. The largest absolute Gasteiger partial charge is 0.609 e. The number of rotatable bonds is 17. The topological polar surface area (TPSA) is 106 Å². The van der Waals surface area contributed by atoms with E-state index in [9.17, 15) is 9.35 Å². The van der Waals surface area contributed by atoms with E-state index in [4.69, 9.17) is 0 Å². The van der Waals surface area contributed by atoms with Crippen LogP contribution in [0, 0.1) is 0 Å². The Balaban J connectivity index is 1.81. The summed E-state index contributed by atoms with van der Waals surface area (Å²) in [6, 6.07) is -0.0451. The molecule has 0 radical (unpaired) electrons. The number of urea groups is 1. The maximum atomic E-state index is 11.8. The monoisotopic (exact) mass is 411 g/mol. The molecule has 3 N–H and O–H groups in total. The summed E-state index contributed by atoms with van der Waals surface area (Å²) in [5.74, 6) is 0.649. The molecule has 0 aliphatic carbocycles. The molecule has 28 heavy (non-hydrogen) atoms. The van der Waals surface area contributed by atoms with Gasteiger partial charge in [-0.3, -0.25) is 0 Å². The molecular weight excluding hydrogens is 374 g/mol. The number of hydrogen-bond donors (Lipinski definition) is 3. The molecule has 1 rings (SSSR count). The van der Waals surface area contributed by atoms with Crippen molar-refractivity contribution in [2.75, 3.05) is 18.8 Å². The van der Waals surface area contributed by atoms with Crippen molar-refractivity contribution < 1.29 is 9.35 Å². The van der Waals surface area contributed by atoms with Crippen LogP contribution in [0.25, 0.3) is 0 Å². The SMILES string of the molecule is CCCCCNC(=O)NCCCC/C=C\CCCCCC[S+]([O-])c1ncn[nH]1. The fraction of sp³-hybridized carbons (Fsp3) is 0.750. The van der Waals surface area contributed by atoms with Crippen molar-refractivity contribution in [3.63, 3.8) is 0 Å². The van der Waals surface area contributed by atoms with Crippen LogP contribution in [0.2, 0.25) is 0 Å². The van der Waals surface area contributed by atoms with Crippen molar-refractivity contribution in [1.29, 1.82) is 0 Å². The minimum Gasteiger partial charge on any atom is -0.609 e. The van der Waals surface area contributed by atoms with Crippen LogP contribution < -0.4 is 10.6 Å². The Hall–Kier alpha value is -1.54. The predicted octanol–water partition coefficient (Wildman–Crippen LogP) is 4.08. The van der Waals surface area contributed by atoms with E-state index in [0.29, 0.717) is 10.9 Å². The van der Waals surface area contributed by atoms with Gasteiger partial charge in [-0.25, -0.2) is 9.89 Å². The van der Waals surface area contributed by atoms with Gasteiger partial charge < -0.3 is 15.2 Å². The van der Waals surface area contributed by atoms with Gasteiger partial charge in [-0.2, -0.15) is 10.1 Å². The van der Waals surface area contributed by atoms with E-state index in [1.54, 1.807) is 0 Å². The summed E-state index contributed by atoms with van der Waals surface area (Å²) in [6.07, 6.45) is 17.9. The number of carbonyl (C=O) groups is 1. The molecule has 160 valence electrons. The standard InChI is InChI=1S/C20H37N5O2S/c1-2-3-12-15-21-19(26)22-16-13-10-8-6-4-5-7-9-11-14-17-28(27)20-23-18-24-25-20/h4,6,18H,2-3,5,7-17H2,1H3,(H2,21,22,26)(H,23,24,25)/b6-4-. The molecule has 1 aromatic rings. The van der Waals surface area contributed by atoms with Crippen molar-refractivity contribution in [2.24, 2.45) is 0 Å². The van der Waals surface area contributed by atoms with Crippen LogP contribution in [0.15, 0.2) is 23.6 Å². The Morgan fingerprint density at radius 3 is 2.32 bits per heavy atom. The molecular formula is C20H37N5O2S. The highest BCUT2D eigenvalue weighted by Gasteiger charge is 2.12. The van der Waals surface area contributed by atoms with Gasteiger partial charge >= 0.3 is 11.2 Å². The number of allylic oxidation sites excluding steroid dienone is 2. The van der Waals surface area contributed by atoms with Gasteiger partial charge in [0.2, 0.25) is 0 Å². The lowest BCUT2D eigenvalue weighted by molar-refractivity contribution is 0.240. The van der Waals surface area contributed by atoms with Crippen molar-refractivity contribution in [3.05, 3.63) is 18.5 Å². The molecule has 8 heteroatoms. The third-order valence-electron chi connectivity index (χ3n) is 4.37. The zero-order valence-corrected chi connectivity index (χ0v) is 18.1. The molecule has 0 saturated carbocycles. The quantitative estimate of drug-likeness (QED) is 0.204. The number of hydrogen-bond acceptors (Lipinski definition) is 4. The van der Waals surface area contributed by atoms with Crippen LogP contribution in [0.3, 0.4) is 0 Å². The smallest absolute Gasteiger partial charge is 0.338 e. The summed E-state index contributed by atoms with van der Waals surface area (Å²) >= 11 is -1.05. The Morgan fingerprint density at radius 2 is 1.68 bits per heavy atom. The molecule has 0 saturated heterocycles. The van der Waals surface area contributed by atoms with Gasteiger partial charge in [0.1, 0.15) is 12.1 Å². The van der Waals surface area contributed by atoms with Gasteiger partial charge in [0.25, 0.3) is 0 Å². The molecule has 0 bridgehead atoms. The second-order valence-electron chi connectivity index (χ2n) is 6.90. The highest BCUT2D eigenvalue weighted by Crippen LogP contribution is 2.09. The molecule has 0 fully saturated rings. The van der Waals surface area contributed by atoms with Crippen LogP contribution in [0.5, 0.6) is 0 Å². The lowest BCUT2D eigenvalue weighted by Crippen LogP contribution is -2.36. The minimum absolute atomic E-state index is 0.0451. The van der Waals surface area contributed by atoms with E-state index in [2.05, 4.69) is 44.9 Å². The number of aromatic nitrogens is 3. The first kappa shape index (κ1) is 24.5. The van der Waals surface area contributed by atoms with Gasteiger partial charge in [-0.05, 0) is 51.4 Å². The van der Waals surface area contributed by atoms with Crippen LogP contribution in [-0.4, -0.2) is 44.6 Å². The van der Waals surface area contributed by atoms with Gasteiger partial charge in [0.15, 0.2) is 0 Å². The fourth-order valence-corrected chi connectivity index (χ4v) is 3.69. The van der Waals surface area contributed by atoms with Crippen molar-refractivity contribution in [2.45, 2.75) is 82.7 Å². The number of nitrogens with one attached hydrogen (secondary N) is 3. The zero-order chi connectivity index (χ0) is 20.3. The van der Waals surface area contributed by atoms with Gasteiger partial charge in [0.05, 0.1) is 0 Å². The molecule has 0 spiro atoms. The average Bonchev–Trinajstić information content (AvgIpc) is 3.23. The van der Waals surface area contributed by atoms with Gasteiger partial charge in [-0.1, -0.05) is 38.3 Å². The minimum atomic E-state index is -1.05. The van der Waals surface area contributed by atoms with Crippen molar-refractivity contribution in [1.82, 2.24) is 25.8 Å². The number of aromatic amines is 1. The summed E-state index contributed by atoms with van der Waals surface area (Å²) in [4.78, 5) is 15.4. The summed E-state index contributed by atoms with van der Waals surface area (Å²) in [5.41, 5.74) is 0. The second-order valence-corrected chi connectivity index (χ2v) is 8.39. The molecule has 7 nitrogen and oxygen atoms in total. The normalized spacial score (nSPS) is 12.4. The molecule has 0 aromatic carbocycles. The Kier molecular flexibility index (Phi) is 15.4. The van der Waals surface area contributed by atoms with Crippen molar-refractivity contribution >= 4 is 17.2 Å². The van der Waals surface area contributed by atoms with E-state index in [-0.39, 0.29) is 6.03 Å². The molecule has 1 atom stereocenters. The molecule has 0 aliphatic rings. The third-order valence-corrected chi connectivity index (χ3v) is 5.66. The average molecular weight is 412 g/mol. The maximum absolute atomic E-state index is 11.8. The number of unbranched alkanes of at least 4 members (excludes halogenated alkanes) is 8. The predicted molar refractivity (Wildman–Crippen MR) is 115 cm³/mol. The van der Waals surface area contributed by atoms with E-state index in [1.165, 1.54) is 19.2 Å². The van der Waals surface area contributed by atoms with Crippen LogP contribution >= 0.6 is 0 Å².